The summed E-state index contributed by atoms with van der Waals surface area (Å²) < 4.78 is 0. The van der Waals surface area contributed by atoms with Gasteiger partial charge in [-0.25, -0.2) is 4.98 Å². The third-order valence-electron chi connectivity index (χ3n) is 3.69. The maximum atomic E-state index is 12.3. The van der Waals surface area contributed by atoms with Crippen LogP contribution in [0.3, 0.4) is 0 Å². The number of aryl methyl sites for hydroxylation is 2. The fraction of sp³-hybridized carbons (Fsp3) is 0.312. The van der Waals surface area contributed by atoms with Crippen LogP contribution in [0.2, 0.25) is 0 Å². The molecule has 0 radical (unpaired) electrons. The molecule has 22 heavy (non-hydrogen) atoms. The van der Waals surface area contributed by atoms with E-state index in [0.717, 1.165) is 11.3 Å². The summed E-state index contributed by atoms with van der Waals surface area (Å²) in [4.78, 5) is 30.4. The minimum Gasteiger partial charge on any atom is -0.373 e. The van der Waals surface area contributed by atoms with Crippen molar-refractivity contribution >= 4 is 11.6 Å². The molecule has 6 nitrogen and oxygen atoms in total. The Bertz CT molecular complexity index is 782. The lowest BCUT2D eigenvalue weighted by atomic mass is 10.1. The number of nitrogens with one attached hydrogen (secondary N) is 3. The molecule has 0 saturated carbocycles. The summed E-state index contributed by atoms with van der Waals surface area (Å²) in [5.74, 6) is 0.451. The van der Waals surface area contributed by atoms with Crippen molar-refractivity contribution in [3.63, 3.8) is 0 Å². The Balaban J connectivity index is 1.63. The quantitative estimate of drug-likeness (QED) is 0.790. The Morgan fingerprint density at radius 1 is 1.36 bits per heavy atom. The van der Waals surface area contributed by atoms with Crippen LogP contribution < -0.4 is 16.2 Å². The molecule has 114 valence electrons. The van der Waals surface area contributed by atoms with Crippen molar-refractivity contribution in [2.24, 2.45) is 0 Å². The third-order valence-corrected chi connectivity index (χ3v) is 3.69. The van der Waals surface area contributed by atoms with Crippen molar-refractivity contribution in [1.82, 2.24) is 15.3 Å². The van der Waals surface area contributed by atoms with Crippen molar-refractivity contribution in [2.45, 2.75) is 32.9 Å². The molecular formula is C16H18N4O2. The first kappa shape index (κ1) is 14.3. The SMILES string of the molecule is Cc1ccc2c(c1)C[C@H](C(=O)NCc1cc(=O)[nH]c(C)n1)N2. The van der Waals surface area contributed by atoms with E-state index < -0.39 is 0 Å². The molecule has 6 heteroatoms. The number of carbonyl (C=O) groups is 1. The maximum absolute atomic E-state index is 12.3. The zero-order chi connectivity index (χ0) is 15.7. The smallest absolute Gasteiger partial charge is 0.251 e. The van der Waals surface area contributed by atoms with Gasteiger partial charge in [-0.2, -0.15) is 0 Å². The molecule has 1 aromatic carbocycles. The summed E-state index contributed by atoms with van der Waals surface area (Å²) in [5, 5.41) is 6.05. The molecule has 0 spiro atoms. The number of carbonyl (C=O) groups excluding carboxylic acids is 1. The van der Waals surface area contributed by atoms with Crippen LogP contribution in [0.5, 0.6) is 0 Å². The highest BCUT2D eigenvalue weighted by molar-refractivity contribution is 5.87. The van der Waals surface area contributed by atoms with Gasteiger partial charge in [0.1, 0.15) is 11.9 Å². The molecule has 0 unspecified atom stereocenters. The van der Waals surface area contributed by atoms with Crippen molar-refractivity contribution in [3.8, 4) is 0 Å². The first-order valence-corrected chi connectivity index (χ1v) is 7.22. The lowest BCUT2D eigenvalue weighted by Crippen LogP contribution is -2.38. The molecule has 0 saturated heterocycles. The number of hydrogen-bond donors (Lipinski definition) is 3. The van der Waals surface area contributed by atoms with E-state index in [9.17, 15) is 9.59 Å². The summed E-state index contributed by atoms with van der Waals surface area (Å²) >= 11 is 0. The number of anilines is 1. The minimum absolute atomic E-state index is 0.0893. The van der Waals surface area contributed by atoms with Gasteiger partial charge >= 0.3 is 0 Å². The van der Waals surface area contributed by atoms with E-state index in [1.165, 1.54) is 11.6 Å². The van der Waals surface area contributed by atoms with Crippen LogP contribution in [-0.4, -0.2) is 21.9 Å². The van der Waals surface area contributed by atoms with E-state index in [2.05, 4.69) is 26.7 Å². The zero-order valence-corrected chi connectivity index (χ0v) is 12.6. The Morgan fingerprint density at radius 2 is 2.18 bits per heavy atom. The van der Waals surface area contributed by atoms with E-state index >= 15 is 0 Å². The van der Waals surface area contributed by atoms with E-state index in [-0.39, 0.29) is 24.1 Å². The predicted octanol–water partition coefficient (Wildman–Crippen LogP) is 1.04. The number of H-pyrrole nitrogens is 1. The molecule has 2 aromatic rings. The fourth-order valence-electron chi connectivity index (χ4n) is 2.68. The zero-order valence-electron chi connectivity index (χ0n) is 12.6. The highest BCUT2D eigenvalue weighted by Gasteiger charge is 2.26. The van der Waals surface area contributed by atoms with Crippen LogP contribution in [0.25, 0.3) is 0 Å². The van der Waals surface area contributed by atoms with Gasteiger partial charge in [0, 0.05) is 18.2 Å². The number of nitrogens with zero attached hydrogens (tertiary/aromatic N) is 1. The summed E-state index contributed by atoms with van der Waals surface area (Å²) in [7, 11) is 0. The summed E-state index contributed by atoms with van der Waals surface area (Å²) in [6, 6.07) is 7.24. The van der Waals surface area contributed by atoms with E-state index in [1.54, 1.807) is 6.92 Å². The molecule has 1 amide bonds. The van der Waals surface area contributed by atoms with Crippen LogP contribution in [-0.2, 0) is 17.8 Å². The number of aromatic nitrogens is 2. The number of amides is 1. The average Bonchev–Trinajstić information content (AvgIpc) is 2.86. The first-order chi connectivity index (χ1) is 10.5. The van der Waals surface area contributed by atoms with Crippen LogP contribution in [0.4, 0.5) is 5.69 Å². The molecule has 0 fully saturated rings. The molecule has 1 aliphatic rings. The Morgan fingerprint density at radius 3 is 2.95 bits per heavy atom. The lowest BCUT2D eigenvalue weighted by molar-refractivity contribution is -0.121. The highest BCUT2D eigenvalue weighted by Crippen LogP contribution is 2.26. The molecule has 1 atom stereocenters. The summed E-state index contributed by atoms with van der Waals surface area (Å²) in [6.07, 6.45) is 0.671. The second kappa shape index (κ2) is 5.63. The number of hydrogen-bond acceptors (Lipinski definition) is 4. The molecule has 0 bridgehead atoms. The molecular weight excluding hydrogens is 280 g/mol. The molecule has 3 N–H and O–H groups in total. The van der Waals surface area contributed by atoms with Gasteiger partial charge in [0.15, 0.2) is 0 Å². The largest absolute Gasteiger partial charge is 0.373 e. The van der Waals surface area contributed by atoms with Gasteiger partial charge < -0.3 is 15.6 Å². The average molecular weight is 298 g/mol. The lowest BCUT2D eigenvalue weighted by Gasteiger charge is -2.11. The maximum Gasteiger partial charge on any atom is 0.251 e. The highest BCUT2D eigenvalue weighted by atomic mass is 16.2. The van der Waals surface area contributed by atoms with Gasteiger partial charge in [-0.15, -0.1) is 0 Å². The van der Waals surface area contributed by atoms with Gasteiger partial charge in [0.25, 0.3) is 5.56 Å². The van der Waals surface area contributed by atoms with Crippen molar-refractivity contribution in [1.29, 1.82) is 0 Å². The van der Waals surface area contributed by atoms with Gasteiger partial charge in [0.2, 0.25) is 5.91 Å². The minimum atomic E-state index is -0.278. The fourth-order valence-corrected chi connectivity index (χ4v) is 2.68. The van der Waals surface area contributed by atoms with Crippen LogP contribution >= 0.6 is 0 Å². The molecule has 1 aliphatic heterocycles. The summed E-state index contributed by atoms with van der Waals surface area (Å²) in [5.41, 5.74) is 3.70. The molecule has 3 rings (SSSR count). The normalized spacial score (nSPS) is 16.0. The number of fused-ring (bicyclic) bond motifs is 1. The van der Waals surface area contributed by atoms with E-state index in [0.29, 0.717) is 17.9 Å². The third kappa shape index (κ3) is 3.00. The molecule has 0 aliphatic carbocycles. The standard InChI is InChI=1S/C16H18N4O2/c1-9-3-4-13-11(5-9)6-14(20-13)16(22)17-8-12-7-15(21)19-10(2)18-12/h3-5,7,14,20H,6,8H2,1-2H3,(H,17,22)(H,18,19,21)/t14-/m1/s1. The van der Waals surface area contributed by atoms with Crippen molar-refractivity contribution < 1.29 is 4.79 Å². The first-order valence-electron chi connectivity index (χ1n) is 7.22. The van der Waals surface area contributed by atoms with Crippen LogP contribution in [0.1, 0.15) is 22.6 Å². The van der Waals surface area contributed by atoms with Crippen LogP contribution in [0.15, 0.2) is 29.1 Å². The van der Waals surface area contributed by atoms with Gasteiger partial charge in [-0.1, -0.05) is 17.7 Å². The van der Waals surface area contributed by atoms with E-state index in [4.69, 9.17) is 0 Å². The Hall–Kier alpha value is -2.63. The van der Waals surface area contributed by atoms with Crippen molar-refractivity contribution in [3.05, 3.63) is 57.3 Å². The molecule has 2 heterocycles. The molecule has 1 aromatic heterocycles. The number of rotatable bonds is 3. The van der Waals surface area contributed by atoms with Crippen molar-refractivity contribution in [2.75, 3.05) is 5.32 Å². The Kier molecular flexibility index (Phi) is 3.66. The topological polar surface area (TPSA) is 86.9 Å². The number of aromatic amines is 1. The second-order valence-corrected chi connectivity index (χ2v) is 5.60. The predicted molar refractivity (Wildman–Crippen MR) is 83.7 cm³/mol. The Labute approximate surface area is 128 Å². The summed E-state index contributed by atoms with van der Waals surface area (Å²) in [6.45, 7) is 4.00. The monoisotopic (exact) mass is 298 g/mol. The number of benzene rings is 1. The van der Waals surface area contributed by atoms with Gasteiger partial charge in [-0.05, 0) is 25.5 Å². The van der Waals surface area contributed by atoms with Crippen LogP contribution in [0, 0.1) is 13.8 Å². The van der Waals surface area contributed by atoms with Gasteiger partial charge in [-0.3, -0.25) is 9.59 Å². The van der Waals surface area contributed by atoms with E-state index in [1.807, 2.05) is 19.1 Å². The van der Waals surface area contributed by atoms with Gasteiger partial charge in [0.05, 0.1) is 12.2 Å². The second-order valence-electron chi connectivity index (χ2n) is 5.60.